The van der Waals surface area contributed by atoms with E-state index in [2.05, 4.69) is 45.2 Å². The molecule has 1 rings (SSSR count). The van der Waals surface area contributed by atoms with Crippen molar-refractivity contribution in [3.05, 3.63) is 12.2 Å². The van der Waals surface area contributed by atoms with E-state index in [0.29, 0.717) is 11.3 Å². The summed E-state index contributed by atoms with van der Waals surface area (Å²) < 4.78 is 0. The number of likely N-dealkylation sites (N-methyl/N-ethyl adjacent to an activating group) is 1. The van der Waals surface area contributed by atoms with E-state index in [4.69, 9.17) is 0 Å². The fourth-order valence-corrected chi connectivity index (χ4v) is 1.74. The van der Waals surface area contributed by atoms with Crippen LogP contribution in [0.2, 0.25) is 0 Å². The van der Waals surface area contributed by atoms with Crippen LogP contribution in [-0.4, -0.2) is 12.6 Å². The molecule has 0 heterocycles. The van der Waals surface area contributed by atoms with Crippen LogP contribution in [-0.2, 0) is 0 Å². The minimum Gasteiger partial charge on any atom is -0.310 e. The molecule has 2 atom stereocenters. The van der Waals surface area contributed by atoms with E-state index in [1.807, 2.05) is 7.05 Å². The van der Waals surface area contributed by atoms with Gasteiger partial charge in [0.05, 0.1) is 0 Å². The molecule has 0 amide bonds. The van der Waals surface area contributed by atoms with E-state index >= 15 is 0 Å². The highest BCUT2D eigenvalue weighted by Gasteiger charge is 2.48. The van der Waals surface area contributed by atoms with Gasteiger partial charge in [-0.1, -0.05) is 32.9 Å². The topological polar surface area (TPSA) is 12.0 Å². The lowest BCUT2D eigenvalue weighted by atomic mass is 9.58. The molecule has 0 bridgehead atoms. The lowest BCUT2D eigenvalue weighted by Gasteiger charge is -2.52. The molecule has 1 heteroatoms. The minimum absolute atomic E-state index is 0.209. The van der Waals surface area contributed by atoms with Crippen molar-refractivity contribution in [1.82, 2.24) is 5.32 Å². The van der Waals surface area contributed by atoms with Gasteiger partial charge in [0.15, 0.2) is 0 Å². The highest BCUT2D eigenvalue weighted by Crippen LogP contribution is 2.47. The Labute approximate surface area is 69.9 Å². The highest BCUT2D eigenvalue weighted by molar-refractivity contribution is 5.30. The number of nitrogens with one attached hydrogen (secondary N) is 1. The molecule has 0 aromatic heterocycles. The van der Waals surface area contributed by atoms with Crippen LogP contribution in [0.25, 0.3) is 0 Å². The molecule has 0 aromatic rings. The minimum atomic E-state index is 0.209. The van der Waals surface area contributed by atoms with Crippen LogP contribution >= 0.6 is 0 Å². The molecule has 0 aliphatic heterocycles. The molecule has 0 saturated carbocycles. The normalized spacial score (nSPS) is 42.7. The quantitative estimate of drug-likeness (QED) is 0.600. The Morgan fingerprint density at radius 1 is 1.18 bits per heavy atom. The Morgan fingerprint density at radius 2 is 1.73 bits per heavy atom. The molecule has 0 saturated heterocycles. The first kappa shape index (κ1) is 8.79. The van der Waals surface area contributed by atoms with Crippen molar-refractivity contribution in [2.45, 2.75) is 33.2 Å². The maximum atomic E-state index is 3.36. The van der Waals surface area contributed by atoms with Gasteiger partial charge in [-0.15, -0.1) is 0 Å². The SMILES string of the molecule is CNC1(C)C=CC1(C)C(C)C. The van der Waals surface area contributed by atoms with Gasteiger partial charge in [-0.2, -0.15) is 0 Å². The molecule has 1 aliphatic rings. The van der Waals surface area contributed by atoms with E-state index in [9.17, 15) is 0 Å². The van der Waals surface area contributed by atoms with Gasteiger partial charge in [-0.05, 0) is 19.9 Å². The lowest BCUT2D eigenvalue weighted by Crippen LogP contribution is -2.59. The van der Waals surface area contributed by atoms with Crippen molar-refractivity contribution in [2.75, 3.05) is 7.05 Å². The molecule has 1 N–H and O–H groups in total. The van der Waals surface area contributed by atoms with Crippen LogP contribution in [0.3, 0.4) is 0 Å². The Morgan fingerprint density at radius 3 is 1.82 bits per heavy atom. The molecule has 1 aliphatic carbocycles. The fraction of sp³-hybridized carbons (Fsp3) is 0.800. The van der Waals surface area contributed by atoms with Gasteiger partial charge in [0.2, 0.25) is 0 Å². The summed E-state index contributed by atoms with van der Waals surface area (Å²) in [5.41, 5.74) is 0.545. The van der Waals surface area contributed by atoms with Crippen molar-refractivity contribution >= 4 is 0 Å². The van der Waals surface area contributed by atoms with E-state index in [-0.39, 0.29) is 5.54 Å². The zero-order chi connectivity index (χ0) is 8.70. The Bertz CT molecular complexity index is 183. The molecule has 0 aromatic carbocycles. The van der Waals surface area contributed by atoms with Gasteiger partial charge in [0, 0.05) is 11.0 Å². The lowest BCUT2D eigenvalue weighted by molar-refractivity contribution is 0.130. The third kappa shape index (κ3) is 0.943. The van der Waals surface area contributed by atoms with Crippen LogP contribution in [0.5, 0.6) is 0 Å². The summed E-state index contributed by atoms with van der Waals surface area (Å²) in [6.07, 6.45) is 4.57. The second kappa shape index (κ2) is 2.34. The zero-order valence-corrected chi connectivity index (χ0v) is 8.23. The van der Waals surface area contributed by atoms with Crippen molar-refractivity contribution in [1.29, 1.82) is 0 Å². The second-order valence-electron chi connectivity index (χ2n) is 4.22. The van der Waals surface area contributed by atoms with Crippen molar-refractivity contribution in [2.24, 2.45) is 11.3 Å². The molecule has 2 unspecified atom stereocenters. The number of hydrogen-bond acceptors (Lipinski definition) is 1. The molecule has 64 valence electrons. The molecule has 0 spiro atoms. The number of rotatable bonds is 2. The van der Waals surface area contributed by atoms with Crippen LogP contribution in [0.4, 0.5) is 0 Å². The Balaban J connectivity index is 2.85. The molecular formula is C10H19N. The molecule has 11 heavy (non-hydrogen) atoms. The van der Waals surface area contributed by atoms with Crippen molar-refractivity contribution in [3.8, 4) is 0 Å². The van der Waals surface area contributed by atoms with Crippen LogP contribution in [0.1, 0.15) is 27.7 Å². The first-order chi connectivity index (χ1) is 4.96. The third-order valence-corrected chi connectivity index (χ3v) is 3.60. The monoisotopic (exact) mass is 153 g/mol. The summed E-state index contributed by atoms with van der Waals surface area (Å²) >= 11 is 0. The predicted molar refractivity (Wildman–Crippen MR) is 49.5 cm³/mol. The zero-order valence-electron chi connectivity index (χ0n) is 8.23. The smallest absolute Gasteiger partial charge is 0.0425 e. The van der Waals surface area contributed by atoms with Gasteiger partial charge in [-0.25, -0.2) is 0 Å². The summed E-state index contributed by atoms with van der Waals surface area (Å²) in [6, 6.07) is 0. The summed E-state index contributed by atoms with van der Waals surface area (Å²) in [5, 5.41) is 3.36. The maximum absolute atomic E-state index is 3.36. The Kier molecular flexibility index (Phi) is 1.87. The maximum Gasteiger partial charge on any atom is 0.0425 e. The second-order valence-corrected chi connectivity index (χ2v) is 4.22. The molecule has 1 nitrogen and oxygen atoms in total. The first-order valence-corrected chi connectivity index (χ1v) is 4.35. The van der Waals surface area contributed by atoms with E-state index in [1.165, 1.54) is 0 Å². The fourth-order valence-electron chi connectivity index (χ4n) is 1.74. The van der Waals surface area contributed by atoms with Gasteiger partial charge in [0.25, 0.3) is 0 Å². The van der Waals surface area contributed by atoms with Crippen LogP contribution in [0, 0.1) is 11.3 Å². The van der Waals surface area contributed by atoms with Crippen LogP contribution < -0.4 is 5.32 Å². The molecular weight excluding hydrogens is 134 g/mol. The first-order valence-electron chi connectivity index (χ1n) is 4.35. The number of hydrogen-bond donors (Lipinski definition) is 1. The predicted octanol–water partition coefficient (Wildman–Crippen LogP) is 2.20. The van der Waals surface area contributed by atoms with Gasteiger partial charge < -0.3 is 5.32 Å². The summed E-state index contributed by atoms with van der Waals surface area (Å²) in [6.45, 7) is 9.12. The van der Waals surface area contributed by atoms with Gasteiger partial charge in [0.1, 0.15) is 0 Å². The summed E-state index contributed by atoms with van der Waals surface area (Å²) in [4.78, 5) is 0. The van der Waals surface area contributed by atoms with Crippen molar-refractivity contribution in [3.63, 3.8) is 0 Å². The third-order valence-electron chi connectivity index (χ3n) is 3.60. The molecule has 0 fully saturated rings. The summed E-state index contributed by atoms with van der Waals surface area (Å²) in [7, 11) is 2.03. The highest BCUT2D eigenvalue weighted by atomic mass is 15.0. The van der Waals surface area contributed by atoms with E-state index in [1.54, 1.807) is 0 Å². The van der Waals surface area contributed by atoms with Gasteiger partial charge >= 0.3 is 0 Å². The van der Waals surface area contributed by atoms with Crippen LogP contribution in [0.15, 0.2) is 12.2 Å². The Hall–Kier alpha value is -0.300. The largest absolute Gasteiger partial charge is 0.310 e. The average Bonchev–Trinajstić information content (AvgIpc) is 1.99. The van der Waals surface area contributed by atoms with E-state index < -0.39 is 0 Å². The standard InChI is InChI=1S/C10H19N/c1-8(2)9(3)6-7-10(9,4)11-5/h6-8,11H,1-5H3. The van der Waals surface area contributed by atoms with E-state index in [0.717, 1.165) is 0 Å². The summed E-state index contributed by atoms with van der Waals surface area (Å²) in [5.74, 6) is 0.699. The average molecular weight is 153 g/mol. The van der Waals surface area contributed by atoms with Gasteiger partial charge in [-0.3, -0.25) is 0 Å². The molecule has 0 radical (unpaired) electrons. The van der Waals surface area contributed by atoms with Crippen molar-refractivity contribution < 1.29 is 0 Å².